The Hall–Kier alpha value is -4.78. The van der Waals surface area contributed by atoms with Crippen LogP contribution in [-0.2, 0) is 24.6 Å². The zero-order valence-corrected chi connectivity index (χ0v) is 25.3. The van der Waals surface area contributed by atoms with Crippen molar-refractivity contribution in [1.82, 2.24) is 4.90 Å². The number of Topliss-reactive ketones (excluding diaryl/α,β-unsaturated/α-hetero) is 1. The molecule has 3 aromatic carbocycles. The molecule has 0 unspecified atom stereocenters. The molecule has 1 saturated carbocycles. The molecule has 0 bridgehead atoms. The molecule has 7 heteroatoms. The minimum Gasteiger partial charge on any atom is -0.508 e. The van der Waals surface area contributed by atoms with Gasteiger partial charge in [0.25, 0.3) is 0 Å². The fourth-order valence-electron chi connectivity index (χ4n) is 8.70. The van der Waals surface area contributed by atoms with E-state index >= 15 is 4.79 Å². The van der Waals surface area contributed by atoms with Gasteiger partial charge in [0.2, 0.25) is 11.8 Å². The Kier molecular flexibility index (Phi) is 7.07. The van der Waals surface area contributed by atoms with Crippen molar-refractivity contribution in [3.05, 3.63) is 113 Å². The van der Waals surface area contributed by atoms with Gasteiger partial charge in [-0.25, -0.2) is 0 Å². The predicted octanol–water partition coefficient (Wildman–Crippen LogP) is 5.64. The van der Waals surface area contributed by atoms with Gasteiger partial charge in [0.1, 0.15) is 11.5 Å². The SMILES string of the molecule is CCCN1C(=O)[C@H]2[C@H](CC=C3[C@H]2C[C@H]2C(=O)C(c4ccccc4)=CC(=O)[C@@]2(c2ccccc2)[C@H]3c2c(O)cccc2OC)C1=O. The number of nitrogens with zero attached hydrogens (tertiary/aromatic N) is 1. The minimum absolute atomic E-state index is 0.0587. The molecule has 2 fully saturated rings. The summed E-state index contributed by atoms with van der Waals surface area (Å²) < 4.78 is 5.82. The van der Waals surface area contributed by atoms with Gasteiger partial charge < -0.3 is 9.84 Å². The minimum atomic E-state index is -1.42. The van der Waals surface area contributed by atoms with E-state index in [9.17, 15) is 19.5 Å². The van der Waals surface area contributed by atoms with E-state index in [1.54, 1.807) is 18.2 Å². The van der Waals surface area contributed by atoms with Gasteiger partial charge in [-0.3, -0.25) is 24.1 Å². The topological polar surface area (TPSA) is 101 Å². The van der Waals surface area contributed by atoms with E-state index < -0.39 is 35.0 Å². The molecular weight excluding hydrogens is 566 g/mol. The van der Waals surface area contributed by atoms with Crippen molar-refractivity contribution < 1.29 is 29.0 Å². The Morgan fingerprint density at radius 1 is 0.889 bits per heavy atom. The van der Waals surface area contributed by atoms with Crippen molar-refractivity contribution in [3.63, 3.8) is 0 Å². The monoisotopic (exact) mass is 601 g/mol. The van der Waals surface area contributed by atoms with Crippen LogP contribution in [0.2, 0.25) is 0 Å². The summed E-state index contributed by atoms with van der Waals surface area (Å²) in [7, 11) is 1.51. The molecule has 228 valence electrons. The average Bonchev–Trinajstić information content (AvgIpc) is 3.31. The maximum absolute atomic E-state index is 15.0. The molecule has 3 aromatic rings. The van der Waals surface area contributed by atoms with Crippen LogP contribution >= 0.6 is 0 Å². The van der Waals surface area contributed by atoms with Crippen molar-refractivity contribution in [2.75, 3.05) is 13.7 Å². The highest BCUT2D eigenvalue weighted by Gasteiger charge is 2.66. The van der Waals surface area contributed by atoms with Gasteiger partial charge in [-0.05, 0) is 54.5 Å². The fourth-order valence-corrected chi connectivity index (χ4v) is 8.70. The molecule has 45 heavy (non-hydrogen) atoms. The first-order chi connectivity index (χ1) is 21.8. The molecule has 1 N–H and O–H groups in total. The second kappa shape index (κ2) is 11.0. The number of likely N-dealkylation sites (tertiary alicyclic amines) is 1. The van der Waals surface area contributed by atoms with Crippen LogP contribution in [-0.4, -0.2) is 47.0 Å². The molecule has 1 saturated heterocycles. The first-order valence-electron chi connectivity index (χ1n) is 15.7. The summed E-state index contributed by atoms with van der Waals surface area (Å²) in [5.74, 6) is -3.83. The number of methoxy groups -OCH3 is 1. The highest BCUT2D eigenvalue weighted by atomic mass is 16.5. The highest BCUT2D eigenvalue weighted by Crippen LogP contribution is 2.65. The van der Waals surface area contributed by atoms with Gasteiger partial charge in [0.05, 0.1) is 24.4 Å². The standard InChI is InChI=1S/C38H35NO6/c1-3-19-39-36(43)25-18-17-24-27(32(25)37(39)44)20-28-35(42)26(22-11-6-4-7-12-22)21-31(41)38(28,23-13-8-5-9-14-23)34(24)33-29(40)15-10-16-30(33)45-2/h4-17,21,25,27-28,32,34,40H,3,18-20H2,1-2H3/t25-,27+,28-,32-,34+,38-/m0/s1. The maximum Gasteiger partial charge on any atom is 0.233 e. The molecule has 7 rings (SSSR count). The number of phenols is 1. The third-order valence-corrected chi connectivity index (χ3v) is 10.5. The van der Waals surface area contributed by atoms with Crippen LogP contribution in [0.4, 0.5) is 0 Å². The molecule has 0 radical (unpaired) electrons. The number of hydrogen-bond acceptors (Lipinski definition) is 6. The number of fused-ring (bicyclic) bond motifs is 4. The summed E-state index contributed by atoms with van der Waals surface area (Å²) in [5.41, 5.74) is 1.43. The number of aromatic hydroxyl groups is 1. The van der Waals surface area contributed by atoms with Crippen molar-refractivity contribution >= 4 is 29.0 Å². The molecular formula is C38H35NO6. The van der Waals surface area contributed by atoms with Crippen LogP contribution in [0.5, 0.6) is 11.5 Å². The Labute approximate surface area is 262 Å². The van der Waals surface area contributed by atoms with Crippen molar-refractivity contribution in [3.8, 4) is 11.5 Å². The van der Waals surface area contributed by atoms with E-state index in [2.05, 4.69) is 0 Å². The third-order valence-electron chi connectivity index (χ3n) is 10.5. The highest BCUT2D eigenvalue weighted by molar-refractivity contribution is 6.31. The van der Waals surface area contributed by atoms with Crippen LogP contribution in [0.15, 0.2) is 96.6 Å². The van der Waals surface area contributed by atoms with E-state index in [0.29, 0.717) is 47.4 Å². The predicted molar refractivity (Wildman–Crippen MR) is 168 cm³/mol. The van der Waals surface area contributed by atoms with Crippen molar-refractivity contribution in [1.29, 1.82) is 0 Å². The number of imide groups is 1. The second-order valence-corrected chi connectivity index (χ2v) is 12.5. The number of amides is 2. The first-order valence-corrected chi connectivity index (χ1v) is 15.7. The molecule has 0 spiro atoms. The summed E-state index contributed by atoms with van der Waals surface area (Å²) in [6.45, 7) is 2.28. The molecule has 3 aliphatic carbocycles. The Morgan fingerprint density at radius 2 is 1.60 bits per heavy atom. The molecule has 7 nitrogen and oxygen atoms in total. The van der Waals surface area contributed by atoms with Crippen LogP contribution in [0.1, 0.15) is 48.8 Å². The van der Waals surface area contributed by atoms with Gasteiger partial charge in [0.15, 0.2) is 11.6 Å². The van der Waals surface area contributed by atoms with Crippen LogP contribution in [0, 0.1) is 23.7 Å². The zero-order chi connectivity index (χ0) is 31.5. The van der Waals surface area contributed by atoms with Crippen LogP contribution in [0.3, 0.4) is 0 Å². The summed E-state index contributed by atoms with van der Waals surface area (Å²) in [5, 5.41) is 11.5. The lowest BCUT2D eigenvalue weighted by atomic mass is 9.44. The van der Waals surface area contributed by atoms with Crippen LogP contribution in [0.25, 0.3) is 5.57 Å². The third kappa shape index (κ3) is 4.09. The summed E-state index contributed by atoms with van der Waals surface area (Å²) in [6.07, 6.45) is 4.69. The van der Waals surface area contributed by atoms with Gasteiger partial charge in [-0.1, -0.05) is 85.3 Å². The number of hydrogen-bond donors (Lipinski definition) is 1. The zero-order valence-electron chi connectivity index (χ0n) is 25.3. The number of carbonyl (C=O) groups excluding carboxylic acids is 4. The molecule has 2 amide bonds. The summed E-state index contributed by atoms with van der Waals surface area (Å²) in [6, 6.07) is 23.5. The smallest absolute Gasteiger partial charge is 0.233 e. The van der Waals surface area contributed by atoms with Crippen molar-refractivity contribution in [2.45, 2.75) is 37.5 Å². The van der Waals surface area contributed by atoms with Gasteiger partial charge in [0, 0.05) is 29.5 Å². The maximum atomic E-state index is 15.0. The number of benzene rings is 3. The first kappa shape index (κ1) is 29.0. The number of phenolic OH excluding ortho intramolecular Hbond substituents is 1. The lowest BCUT2D eigenvalue weighted by molar-refractivity contribution is -0.140. The van der Waals surface area contributed by atoms with Crippen molar-refractivity contribution in [2.24, 2.45) is 23.7 Å². The molecule has 1 heterocycles. The Balaban J connectivity index is 1.53. The number of ketones is 2. The lowest BCUT2D eigenvalue weighted by Gasteiger charge is -2.55. The lowest BCUT2D eigenvalue weighted by Crippen LogP contribution is -2.58. The Morgan fingerprint density at radius 3 is 2.29 bits per heavy atom. The number of rotatable bonds is 6. The number of carbonyl (C=O) groups is 4. The van der Waals surface area contributed by atoms with E-state index in [1.807, 2.05) is 73.7 Å². The number of ether oxygens (including phenoxy) is 1. The molecule has 4 aliphatic rings. The molecule has 1 aliphatic heterocycles. The molecule has 6 atom stereocenters. The quantitative estimate of drug-likeness (QED) is 0.290. The van der Waals surface area contributed by atoms with Gasteiger partial charge in [-0.15, -0.1) is 0 Å². The van der Waals surface area contributed by atoms with E-state index in [0.717, 1.165) is 5.57 Å². The normalized spacial score (nSPS) is 29.0. The largest absolute Gasteiger partial charge is 0.508 e. The van der Waals surface area contributed by atoms with E-state index in [1.165, 1.54) is 18.1 Å². The van der Waals surface area contributed by atoms with Gasteiger partial charge >= 0.3 is 0 Å². The van der Waals surface area contributed by atoms with E-state index in [4.69, 9.17) is 4.74 Å². The fraction of sp³-hybridized carbons (Fsp3) is 0.316. The second-order valence-electron chi connectivity index (χ2n) is 12.5. The summed E-state index contributed by atoms with van der Waals surface area (Å²) in [4.78, 5) is 58.8. The summed E-state index contributed by atoms with van der Waals surface area (Å²) >= 11 is 0. The van der Waals surface area contributed by atoms with Crippen LogP contribution < -0.4 is 4.74 Å². The van der Waals surface area contributed by atoms with Gasteiger partial charge in [-0.2, -0.15) is 0 Å². The van der Waals surface area contributed by atoms with E-state index in [-0.39, 0.29) is 35.6 Å². The number of allylic oxidation sites excluding steroid dienone is 4. The Bertz CT molecular complexity index is 1780. The average molecular weight is 602 g/mol. The molecule has 0 aromatic heterocycles.